The monoisotopic (exact) mass is 496 g/mol. The molecule has 0 bridgehead atoms. The van der Waals surface area contributed by atoms with Crippen molar-refractivity contribution in [3.8, 4) is 22.5 Å². The quantitative estimate of drug-likeness (QED) is 0.226. The van der Waals surface area contributed by atoms with E-state index in [1.54, 1.807) is 22.9 Å². The van der Waals surface area contributed by atoms with Crippen molar-refractivity contribution in [3.05, 3.63) is 79.5 Å². The Balaban J connectivity index is 1.40. The summed E-state index contributed by atoms with van der Waals surface area (Å²) in [5.41, 5.74) is 1.61. The van der Waals surface area contributed by atoms with Crippen LogP contribution in [0.25, 0.3) is 22.5 Å². The van der Waals surface area contributed by atoms with Crippen LogP contribution in [-0.4, -0.2) is 31.6 Å². The number of benzene rings is 2. The van der Waals surface area contributed by atoms with Gasteiger partial charge in [-0.25, -0.2) is 9.97 Å². The van der Waals surface area contributed by atoms with Gasteiger partial charge in [-0.1, -0.05) is 24.3 Å². The van der Waals surface area contributed by atoms with Crippen LogP contribution < -0.4 is 10.6 Å². The third-order valence-electron chi connectivity index (χ3n) is 4.36. The number of thiazole rings is 2. The predicted octanol–water partition coefficient (Wildman–Crippen LogP) is 4.33. The number of carbonyl (C=O) groups is 2. The third-order valence-corrected chi connectivity index (χ3v) is 5.88. The molecule has 0 saturated heterocycles. The van der Waals surface area contributed by atoms with E-state index in [1.165, 1.54) is 36.4 Å². The van der Waals surface area contributed by atoms with E-state index in [4.69, 9.17) is 0 Å². The predicted molar refractivity (Wildman–Crippen MR) is 126 cm³/mol. The molecule has 170 valence electrons. The van der Waals surface area contributed by atoms with Crippen LogP contribution in [0.15, 0.2) is 59.3 Å². The largest absolute Gasteiger partial charge is 0.315 e. The van der Waals surface area contributed by atoms with Gasteiger partial charge in [-0.05, 0) is 0 Å². The SMILES string of the molecule is O=C(Nc1nc(-c2cccc([N+](=O)[O-])c2)cs1)C(=O)Nc1nc(-c2cccc([N+](=O)[O-])c2)cs1. The van der Waals surface area contributed by atoms with E-state index in [0.717, 1.165) is 22.7 Å². The fraction of sp³-hybridized carbons (Fsp3) is 0. The van der Waals surface area contributed by atoms with Crippen molar-refractivity contribution in [2.75, 3.05) is 10.6 Å². The Hall–Kier alpha value is -4.56. The molecule has 0 atom stereocenters. The minimum Gasteiger partial charge on any atom is -0.294 e. The van der Waals surface area contributed by atoms with Gasteiger partial charge in [-0.3, -0.25) is 40.5 Å². The molecule has 0 unspecified atom stereocenters. The smallest absolute Gasteiger partial charge is 0.294 e. The van der Waals surface area contributed by atoms with Crippen molar-refractivity contribution in [1.29, 1.82) is 0 Å². The maximum absolute atomic E-state index is 12.3. The summed E-state index contributed by atoms with van der Waals surface area (Å²) >= 11 is 2.11. The zero-order valence-electron chi connectivity index (χ0n) is 16.8. The number of nitrogens with zero attached hydrogens (tertiary/aromatic N) is 4. The first-order valence-electron chi connectivity index (χ1n) is 9.33. The van der Waals surface area contributed by atoms with Crippen LogP contribution in [0.3, 0.4) is 0 Å². The normalized spacial score (nSPS) is 10.5. The zero-order chi connectivity index (χ0) is 24.2. The average Bonchev–Trinajstić information content (AvgIpc) is 3.49. The molecule has 2 amide bonds. The van der Waals surface area contributed by atoms with E-state index in [1.807, 2.05) is 0 Å². The van der Waals surface area contributed by atoms with Crippen molar-refractivity contribution in [2.24, 2.45) is 0 Å². The van der Waals surface area contributed by atoms with Crippen molar-refractivity contribution >= 4 is 56.1 Å². The lowest BCUT2D eigenvalue weighted by Gasteiger charge is -2.02. The number of nitro benzene ring substituents is 2. The Morgan fingerprint density at radius 1 is 0.735 bits per heavy atom. The Morgan fingerprint density at radius 2 is 1.15 bits per heavy atom. The summed E-state index contributed by atoms with van der Waals surface area (Å²) in [7, 11) is 0. The van der Waals surface area contributed by atoms with Crippen LogP contribution in [0.1, 0.15) is 0 Å². The molecule has 2 aromatic heterocycles. The summed E-state index contributed by atoms with van der Waals surface area (Å²) < 4.78 is 0. The molecule has 4 rings (SSSR count). The van der Waals surface area contributed by atoms with Gasteiger partial charge < -0.3 is 0 Å². The highest BCUT2D eigenvalue weighted by atomic mass is 32.1. The molecule has 34 heavy (non-hydrogen) atoms. The van der Waals surface area contributed by atoms with Gasteiger partial charge in [0.1, 0.15) is 0 Å². The van der Waals surface area contributed by atoms with Gasteiger partial charge in [0.05, 0.1) is 21.2 Å². The minimum atomic E-state index is -0.980. The van der Waals surface area contributed by atoms with Crippen molar-refractivity contribution in [3.63, 3.8) is 0 Å². The molecule has 2 N–H and O–H groups in total. The molecule has 0 aliphatic carbocycles. The van der Waals surface area contributed by atoms with Crippen LogP contribution in [-0.2, 0) is 9.59 Å². The molecule has 0 fully saturated rings. The van der Waals surface area contributed by atoms with Crippen molar-refractivity contribution in [2.45, 2.75) is 0 Å². The number of rotatable bonds is 6. The van der Waals surface area contributed by atoms with Gasteiger partial charge in [-0.15, -0.1) is 22.7 Å². The molecule has 0 saturated carbocycles. The highest BCUT2D eigenvalue weighted by molar-refractivity contribution is 7.14. The zero-order valence-corrected chi connectivity index (χ0v) is 18.5. The van der Waals surface area contributed by atoms with Crippen LogP contribution in [0.5, 0.6) is 0 Å². The molecule has 12 nitrogen and oxygen atoms in total. The number of non-ortho nitro benzene ring substituents is 2. The summed E-state index contributed by atoms with van der Waals surface area (Å²) in [6, 6.07) is 11.7. The topological polar surface area (TPSA) is 170 Å². The lowest BCUT2D eigenvalue weighted by molar-refractivity contribution is -0.385. The number of amides is 2. The summed E-state index contributed by atoms with van der Waals surface area (Å²) in [5.74, 6) is -1.96. The molecule has 0 radical (unpaired) electrons. The van der Waals surface area contributed by atoms with Gasteiger partial charge >= 0.3 is 11.8 Å². The van der Waals surface area contributed by atoms with E-state index in [-0.39, 0.29) is 21.6 Å². The summed E-state index contributed by atoms with van der Waals surface area (Å²) in [4.78, 5) is 53.7. The van der Waals surface area contributed by atoms with Crippen molar-refractivity contribution < 1.29 is 19.4 Å². The lowest BCUT2D eigenvalue weighted by Crippen LogP contribution is -2.28. The van der Waals surface area contributed by atoms with E-state index < -0.39 is 21.7 Å². The number of nitro groups is 2. The number of anilines is 2. The van der Waals surface area contributed by atoms with Gasteiger partial charge in [0, 0.05) is 46.2 Å². The first kappa shape index (κ1) is 22.6. The van der Waals surface area contributed by atoms with Gasteiger partial charge in [0.25, 0.3) is 11.4 Å². The number of hydrogen-bond acceptors (Lipinski definition) is 10. The van der Waals surface area contributed by atoms with Gasteiger partial charge in [0.2, 0.25) is 0 Å². The second kappa shape index (κ2) is 9.51. The van der Waals surface area contributed by atoms with E-state index in [0.29, 0.717) is 22.5 Å². The second-order valence-electron chi connectivity index (χ2n) is 6.60. The van der Waals surface area contributed by atoms with E-state index in [2.05, 4.69) is 20.6 Å². The number of nitrogens with one attached hydrogen (secondary N) is 2. The van der Waals surface area contributed by atoms with Gasteiger partial charge in [0.15, 0.2) is 10.3 Å². The lowest BCUT2D eigenvalue weighted by atomic mass is 10.1. The first-order chi connectivity index (χ1) is 16.3. The fourth-order valence-electron chi connectivity index (χ4n) is 2.79. The second-order valence-corrected chi connectivity index (χ2v) is 8.32. The Morgan fingerprint density at radius 3 is 1.53 bits per heavy atom. The van der Waals surface area contributed by atoms with Crippen molar-refractivity contribution in [1.82, 2.24) is 9.97 Å². The van der Waals surface area contributed by atoms with Crippen LogP contribution in [0.4, 0.5) is 21.6 Å². The molecule has 0 spiro atoms. The average molecular weight is 496 g/mol. The number of carbonyl (C=O) groups excluding carboxylic acids is 2. The molecular weight excluding hydrogens is 484 g/mol. The van der Waals surface area contributed by atoms with Gasteiger partial charge in [-0.2, -0.15) is 0 Å². The Labute approximate surface area is 198 Å². The molecule has 4 aromatic rings. The first-order valence-corrected chi connectivity index (χ1v) is 11.1. The molecule has 0 aliphatic rings. The molecular formula is C20H12N6O6S2. The summed E-state index contributed by atoms with van der Waals surface area (Å²) in [6.07, 6.45) is 0. The minimum absolute atomic E-state index is 0.0941. The maximum atomic E-state index is 12.3. The van der Waals surface area contributed by atoms with Crippen LogP contribution in [0.2, 0.25) is 0 Å². The molecule has 14 heteroatoms. The highest BCUT2D eigenvalue weighted by Gasteiger charge is 2.19. The molecule has 2 aromatic carbocycles. The van der Waals surface area contributed by atoms with Crippen LogP contribution >= 0.6 is 22.7 Å². The number of hydrogen-bond donors (Lipinski definition) is 2. The fourth-order valence-corrected chi connectivity index (χ4v) is 4.22. The Kier molecular flexibility index (Phi) is 6.33. The maximum Gasteiger partial charge on any atom is 0.315 e. The van der Waals surface area contributed by atoms with Crippen LogP contribution in [0, 0.1) is 20.2 Å². The molecule has 2 heterocycles. The van der Waals surface area contributed by atoms with E-state index in [9.17, 15) is 29.8 Å². The number of aromatic nitrogens is 2. The molecule has 0 aliphatic heterocycles. The van der Waals surface area contributed by atoms with E-state index >= 15 is 0 Å². The highest BCUT2D eigenvalue weighted by Crippen LogP contribution is 2.29. The standard InChI is InChI=1S/C20H12N6O6S2/c27-17(23-19-21-15(9-33-19)11-3-1-5-13(7-11)25(29)30)18(28)24-20-22-16(10-34-20)12-4-2-6-14(8-12)26(31)32/h1-10H,(H,21,23,27)(H,22,24,28). The Bertz CT molecular complexity index is 1320. The summed E-state index contributed by atoms with van der Waals surface area (Å²) in [6.45, 7) is 0. The third kappa shape index (κ3) is 5.08. The summed E-state index contributed by atoms with van der Waals surface area (Å²) in [5, 5.41) is 30.1.